The Kier molecular flexibility index (Phi) is 8.24. The molecule has 1 amide bonds. The van der Waals surface area contributed by atoms with E-state index in [1.54, 1.807) is 6.26 Å². The number of hydrogen-bond donors (Lipinski definition) is 2. The van der Waals surface area contributed by atoms with Crippen molar-refractivity contribution in [2.75, 3.05) is 18.1 Å². The second-order valence-corrected chi connectivity index (χ2v) is 8.78. The van der Waals surface area contributed by atoms with Crippen molar-refractivity contribution in [3.05, 3.63) is 58.1 Å². The monoisotopic (exact) mass is 489 g/mol. The standard InChI is InChI=1S/C18H17F2N3O7S2/c1-10(18(25)22-14-7-11(19)3-5-13(14)20)30-17(24)9-21-32(28,29)12-4-6-16(31-2)15(8-12)23(26)27/h3-8,10,21H,9H2,1-2H3,(H,22,25). The molecule has 0 saturated heterocycles. The Morgan fingerprint density at radius 1 is 1.22 bits per heavy atom. The predicted octanol–water partition coefficient (Wildman–Crippen LogP) is 2.44. The summed E-state index contributed by atoms with van der Waals surface area (Å²) in [5.74, 6) is -3.83. The van der Waals surface area contributed by atoms with Gasteiger partial charge in [0.25, 0.3) is 11.6 Å². The number of rotatable bonds is 9. The third-order valence-corrected chi connectivity index (χ3v) is 6.11. The molecule has 10 nitrogen and oxygen atoms in total. The third-order valence-electron chi connectivity index (χ3n) is 3.93. The van der Waals surface area contributed by atoms with Gasteiger partial charge < -0.3 is 10.1 Å². The molecule has 2 aromatic rings. The van der Waals surface area contributed by atoms with E-state index in [1.807, 2.05) is 10.0 Å². The van der Waals surface area contributed by atoms with Gasteiger partial charge in [0.15, 0.2) is 6.10 Å². The van der Waals surface area contributed by atoms with Crippen LogP contribution < -0.4 is 10.0 Å². The Morgan fingerprint density at radius 2 is 1.91 bits per heavy atom. The largest absolute Gasteiger partial charge is 0.452 e. The smallest absolute Gasteiger partial charge is 0.321 e. The van der Waals surface area contributed by atoms with Crippen molar-refractivity contribution < 1.29 is 36.4 Å². The number of benzene rings is 2. The van der Waals surface area contributed by atoms with E-state index < -0.39 is 67.4 Å². The van der Waals surface area contributed by atoms with Crippen molar-refractivity contribution in [1.29, 1.82) is 0 Å². The van der Waals surface area contributed by atoms with Gasteiger partial charge in [-0.3, -0.25) is 19.7 Å². The lowest BCUT2D eigenvalue weighted by atomic mass is 10.2. The number of hydrogen-bond acceptors (Lipinski definition) is 8. The zero-order valence-electron chi connectivity index (χ0n) is 16.6. The number of ether oxygens (including phenoxy) is 1. The topological polar surface area (TPSA) is 145 Å². The average molecular weight is 489 g/mol. The molecule has 0 aromatic heterocycles. The van der Waals surface area contributed by atoms with Crippen molar-refractivity contribution in [3.8, 4) is 0 Å². The number of sulfonamides is 1. The van der Waals surface area contributed by atoms with E-state index >= 15 is 0 Å². The number of amides is 1. The maximum atomic E-state index is 13.6. The molecule has 14 heteroatoms. The van der Waals surface area contributed by atoms with Gasteiger partial charge in [-0.25, -0.2) is 17.2 Å². The van der Waals surface area contributed by atoms with E-state index in [1.165, 1.54) is 6.07 Å². The Morgan fingerprint density at radius 3 is 2.53 bits per heavy atom. The molecular formula is C18H17F2N3O7S2. The molecular weight excluding hydrogens is 472 g/mol. The van der Waals surface area contributed by atoms with Crippen molar-refractivity contribution in [2.45, 2.75) is 22.8 Å². The molecule has 0 aliphatic rings. The summed E-state index contributed by atoms with van der Waals surface area (Å²) in [6, 6.07) is 5.63. The molecule has 2 rings (SSSR count). The fourth-order valence-electron chi connectivity index (χ4n) is 2.34. The van der Waals surface area contributed by atoms with Crippen LogP contribution >= 0.6 is 11.8 Å². The molecule has 0 bridgehead atoms. The van der Waals surface area contributed by atoms with Crippen molar-refractivity contribution in [3.63, 3.8) is 0 Å². The molecule has 1 unspecified atom stereocenters. The van der Waals surface area contributed by atoms with E-state index in [2.05, 4.69) is 0 Å². The minimum Gasteiger partial charge on any atom is -0.452 e. The van der Waals surface area contributed by atoms with Gasteiger partial charge in [0.05, 0.1) is 20.4 Å². The van der Waals surface area contributed by atoms with Gasteiger partial charge in [0, 0.05) is 12.1 Å². The van der Waals surface area contributed by atoms with E-state index in [9.17, 15) is 36.9 Å². The summed E-state index contributed by atoms with van der Waals surface area (Å²) in [6.45, 7) is 0.260. The zero-order valence-corrected chi connectivity index (χ0v) is 18.3. The van der Waals surface area contributed by atoms with E-state index in [0.29, 0.717) is 0 Å². The van der Waals surface area contributed by atoms with Gasteiger partial charge in [0.2, 0.25) is 10.0 Å². The van der Waals surface area contributed by atoms with Gasteiger partial charge in [-0.1, -0.05) is 0 Å². The molecule has 2 N–H and O–H groups in total. The maximum absolute atomic E-state index is 13.6. The first-order valence-corrected chi connectivity index (χ1v) is 11.4. The van der Waals surface area contributed by atoms with Crippen LogP contribution in [0.1, 0.15) is 6.92 Å². The van der Waals surface area contributed by atoms with Crippen LogP contribution in [0.15, 0.2) is 46.2 Å². The second-order valence-electron chi connectivity index (χ2n) is 6.16. The number of anilines is 1. The molecule has 0 aliphatic carbocycles. The molecule has 0 saturated carbocycles. The number of nitrogens with one attached hydrogen (secondary N) is 2. The highest BCUT2D eigenvalue weighted by Gasteiger charge is 2.24. The van der Waals surface area contributed by atoms with E-state index in [4.69, 9.17) is 4.74 Å². The molecule has 0 aliphatic heterocycles. The number of carbonyl (C=O) groups excluding carboxylic acids is 2. The quantitative estimate of drug-likeness (QED) is 0.236. The number of nitrogens with zero attached hydrogens (tertiary/aromatic N) is 1. The van der Waals surface area contributed by atoms with Crippen LogP contribution in [0.25, 0.3) is 0 Å². The molecule has 0 spiro atoms. The van der Waals surface area contributed by atoms with Crippen LogP contribution in [0.4, 0.5) is 20.2 Å². The van der Waals surface area contributed by atoms with E-state index in [0.717, 1.165) is 49.0 Å². The van der Waals surface area contributed by atoms with E-state index in [-0.39, 0.29) is 4.90 Å². The summed E-state index contributed by atoms with van der Waals surface area (Å²) in [6.07, 6.45) is 0.127. The number of thioether (sulfide) groups is 1. The Bertz CT molecular complexity index is 1160. The first kappa shape index (κ1) is 25.2. The van der Waals surface area contributed by atoms with Crippen LogP contribution in [0.2, 0.25) is 0 Å². The highest BCUT2D eigenvalue weighted by molar-refractivity contribution is 7.98. The maximum Gasteiger partial charge on any atom is 0.321 e. The zero-order chi connectivity index (χ0) is 24.1. The molecule has 0 radical (unpaired) electrons. The number of halogens is 2. The van der Waals surface area contributed by atoms with Crippen LogP contribution in [-0.2, 0) is 24.3 Å². The predicted molar refractivity (Wildman–Crippen MR) is 111 cm³/mol. The molecule has 0 heterocycles. The van der Waals surface area contributed by atoms with Crippen LogP contribution in [-0.4, -0.2) is 44.1 Å². The first-order valence-electron chi connectivity index (χ1n) is 8.72. The fourth-order valence-corrected chi connectivity index (χ4v) is 3.87. The lowest BCUT2D eigenvalue weighted by Crippen LogP contribution is -2.36. The molecule has 172 valence electrons. The van der Waals surface area contributed by atoms with Crippen LogP contribution in [0.3, 0.4) is 0 Å². The van der Waals surface area contributed by atoms with Crippen molar-refractivity contribution >= 4 is 45.0 Å². The SMILES string of the molecule is CSc1ccc(S(=O)(=O)NCC(=O)OC(C)C(=O)Nc2cc(F)ccc2F)cc1[N+](=O)[O-]. The summed E-state index contributed by atoms with van der Waals surface area (Å²) in [5.41, 5.74) is -0.883. The van der Waals surface area contributed by atoms with Crippen molar-refractivity contribution in [2.24, 2.45) is 0 Å². The van der Waals surface area contributed by atoms with Crippen LogP contribution in [0, 0.1) is 21.7 Å². The van der Waals surface area contributed by atoms with Gasteiger partial charge in [-0.15, -0.1) is 11.8 Å². The lowest BCUT2D eigenvalue weighted by molar-refractivity contribution is -0.388. The molecule has 2 aromatic carbocycles. The highest BCUT2D eigenvalue weighted by atomic mass is 32.2. The number of nitro groups is 1. The Hall–Kier alpha value is -3.10. The first-order chi connectivity index (χ1) is 14.9. The fraction of sp³-hybridized carbons (Fsp3) is 0.222. The normalized spacial score (nSPS) is 12.1. The van der Waals surface area contributed by atoms with Crippen LogP contribution in [0.5, 0.6) is 0 Å². The molecule has 32 heavy (non-hydrogen) atoms. The summed E-state index contributed by atoms with van der Waals surface area (Å²) in [4.78, 5) is 34.1. The lowest BCUT2D eigenvalue weighted by Gasteiger charge is -2.14. The number of carbonyl (C=O) groups is 2. The minimum absolute atomic E-state index is 0.253. The third kappa shape index (κ3) is 6.45. The second kappa shape index (κ2) is 10.5. The van der Waals surface area contributed by atoms with Gasteiger partial charge >= 0.3 is 5.97 Å². The summed E-state index contributed by atoms with van der Waals surface area (Å²) in [7, 11) is -4.31. The summed E-state index contributed by atoms with van der Waals surface area (Å²) in [5, 5.41) is 13.1. The Balaban J connectivity index is 1.99. The summed E-state index contributed by atoms with van der Waals surface area (Å²) < 4.78 is 58.1. The van der Waals surface area contributed by atoms with Crippen molar-refractivity contribution in [1.82, 2.24) is 4.72 Å². The van der Waals surface area contributed by atoms with Gasteiger partial charge in [-0.2, -0.15) is 4.72 Å². The van der Waals surface area contributed by atoms with Gasteiger partial charge in [-0.05, 0) is 37.4 Å². The number of esters is 1. The molecule has 0 fully saturated rings. The minimum atomic E-state index is -4.31. The summed E-state index contributed by atoms with van der Waals surface area (Å²) >= 11 is 1.06. The van der Waals surface area contributed by atoms with Gasteiger partial charge in [0.1, 0.15) is 18.2 Å². The average Bonchev–Trinajstić information content (AvgIpc) is 2.74. The molecule has 1 atom stereocenters. The Labute approximate surface area is 185 Å². The number of nitro benzene ring substituents is 1. The highest BCUT2D eigenvalue weighted by Crippen LogP contribution is 2.29.